The van der Waals surface area contributed by atoms with Gasteiger partial charge in [-0.25, -0.2) is 15.2 Å². The molecule has 0 bridgehead atoms. The number of benzene rings is 2. The van der Waals surface area contributed by atoms with Crippen molar-refractivity contribution in [3.05, 3.63) is 59.7 Å². The first-order valence-electron chi connectivity index (χ1n) is 15.0. The van der Waals surface area contributed by atoms with Crippen LogP contribution in [0.2, 0.25) is 0 Å². The molecule has 2 aromatic carbocycles. The molecule has 9 nitrogen and oxygen atoms in total. The second-order valence-electron chi connectivity index (χ2n) is 11.6. The number of fused-ring (bicyclic) bond motifs is 1. The molecular formula is C32H40N4O5. The standard InChI is InChI=1S/C32H40N4O5/c37-28(23-11-5-6-12-23)20-35-27-17-8-7-16-26(27)31(24-13-3-1-2-4-14-24)34-36(32(35)41)21-29(38)33-25-15-9-10-22(18-25)19-30(39)40/h7-10,15-18,23-24,31,34H,1-6,11-14,19-21H2,(H,33,38)(H,39,40). The molecule has 2 aromatic rings. The highest BCUT2D eigenvalue weighted by Gasteiger charge is 2.38. The molecule has 0 spiro atoms. The van der Waals surface area contributed by atoms with Gasteiger partial charge in [0.25, 0.3) is 0 Å². The highest BCUT2D eigenvalue weighted by molar-refractivity contribution is 6.02. The number of nitrogens with one attached hydrogen (secondary N) is 2. The number of rotatable bonds is 9. The summed E-state index contributed by atoms with van der Waals surface area (Å²) >= 11 is 0. The summed E-state index contributed by atoms with van der Waals surface area (Å²) in [5.74, 6) is -1.04. The molecule has 3 aliphatic rings. The van der Waals surface area contributed by atoms with Gasteiger partial charge >= 0.3 is 12.0 Å². The zero-order valence-electron chi connectivity index (χ0n) is 23.5. The molecular weight excluding hydrogens is 520 g/mol. The lowest BCUT2D eigenvalue weighted by Gasteiger charge is -2.31. The van der Waals surface area contributed by atoms with E-state index in [1.54, 1.807) is 29.2 Å². The molecule has 5 rings (SSSR count). The normalized spacial score (nSPS) is 20.3. The highest BCUT2D eigenvalue weighted by Crippen LogP contribution is 2.40. The van der Waals surface area contributed by atoms with Crippen LogP contribution in [0, 0.1) is 11.8 Å². The molecule has 218 valence electrons. The number of Topliss-reactive ketones (excluding diaryl/α,β-unsaturated/α-hetero) is 1. The first-order chi connectivity index (χ1) is 19.9. The molecule has 1 aliphatic heterocycles. The van der Waals surface area contributed by atoms with E-state index in [0.29, 0.717) is 11.3 Å². The number of urea groups is 1. The summed E-state index contributed by atoms with van der Waals surface area (Å²) in [4.78, 5) is 53.4. The SMILES string of the molecule is O=C(O)Cc1cccc(NC(=O)CN2NC(C3CCCCCC3)c3ccccc3N(CC(=O)C3CCCC3)C2=O)c1. The molecule has 3 N–H and O–H groups in total. The lowest BCUT2D eigenvalue weighted by Crippen LogP contribution is -2.53. The van der Waals surface area contributed by atoms with Crippen LogP contribution < -0.4 is 15.6 Å². The minimum absolute atomic E-state index is 0.0189. The van der Waals surface area contributed by atoms with Gasteiger partial charge in [-0.3, -0.25) is 19.3 Å². The Morgan fingerprint density at radius 3 is 2.32 bits per heavy atom. The molecule has 1 heterocycles. The van der Waals surface area contributed by atoms with Gasteiger partial charge in [0.15, 0.2) is 5.78 Å². The van der Waals surface area contributed by atoms with E-state index in [1.807, 2.05) is 24.3 Å². The van der Waals surface area contributed by atoms with Crippen LogP contribution >= 0.6 is 0 Å². The monoisotopic (exact) mass is 560 g/mol. The second kappa shape index (κ2) is 13.3. The van der Waals surface area contributed by atoms with Crippen molar-refractivity contribution in [2.75, 3.05) is 23.3 Å². The zero-order chi connectivity index (χ0) is 28.8. The third-order valence-electron chi connectivity index (χ3n) is 8.68. The number of amides is 3. The number of carboxylic acids is 1. The van der Waals surface area contributed by atoms with E-state index < -0.39 is 17.9 Å². The van der Waals surface area contributed by atoms with Crippen molar-refractivity contribution in [1.29, 1.82) is 0 Å². The number of anilines is 2. The van der Waals surface area contributed by atoms with Crippen molar-refractivity contribution in [1.82, 2.24) is 10.4 Å². The fraction of sp³-hybridized carbons (Fsp3) is 0.500. The number of hydrogen-bond acceptors (Lipinski definition) is 5. The van der Waals surface area contributed by atoms with Gasteiger partial charge < -0.3 is 10.4 Å². The molecule has 0 saturated heterocycles. The Kier molecular flexibility index (Phi) is 9.34. The Morgan fingerprint density at radius 1 is 0.878 bits per heavy atom. The average molecular weight is 561 g/mol. The van der Waals surface area contributed by atoms with Crippen LogP contribution in [0.5, 0.6) is 0 Å². The van der Waals surface area contributed by atoms with E-state index in [1.165, 1.54) is 17.9 Å². The molecule has 0 radical (unpaired) electrons. The van der Waals surface area contributed by atoms with Crippen LogP contribution in [0.15, 0.2) is 48.5 Å². The number of carbonyl (C=O) groups excluding carboxylic acids is 3. The molecule has 2 aliphatic carbocycles. The first kappa shape index (κ1) is 28.8. The summed E-state index contributed by atoms with van der Waals surface area (Å²) in [6.07, 6.45) is 10.3. The lowest BCUT2D eigenvalue weighted by molar-refractivity contribution is -0.136. The summed E-state index contributed by atoms with van der Waals surface area (Å²) in [5, 5.41) is 13.3. The fourth-order valence-corrected chi connectivity index (χ4v) is 6.62. The number of para-hydroxylation sites is 1. The topological polar surface area (TPSA) is 119 Å². The summed E-state index contributed by atoms with van der Waals surface area (Å²) in [5.41, 5.74) is 6.19. The molecule has 1 atom stereocenters. The van der Waals surface area contributed by atoms with Gasteiger partial charge in [-0.05, 0) is 60.9 Å². The maximum Gasteiger partial charge on any atom is 0.339 e. The van der Waals surface area contributed by atoms with E-state index >= 15 is 0 Å². The van der Waals surface area contributed by atoms with Gasteiger partial charge in [0.1, 0.15) is 6.54 Å². The van der Waals surface area contributed by atoms with Gasteiger partial charge in [-0.15, -0.1) is 0 Å². The third-order valence-corrected chi connectivity index (χ3v) is 8.68. The number of aliphatic carboxylic acids is 1. The van der Waals surface area contributed by atoms with Crippen molar-refractivity contribution in [2.24, 2.45) is 11.8 Å². The van der Waals surface area contributed by atoms with Gasteiger partial charge in [0, 0.05) is 11.6 Å². The van der Waals surface area contributed by atoms with E-state index in [4.69, 9.17) is 5.11 Å². The van der Waals surface area contributed by atoms with E-state index in [9.17, 15) is 19.2 Å². The molecule has 9 heteroatoms. The Bertz CT molecular complexity index is 1270. The second-order valence-corrected chi connectivity index (χ2v) is 11.6. The Balaban J connectivity index is 1.42. The van der Waals surface area contributed by atoms with E-state index in [-0.39, 0.29) is 43.2 Å². The number of carboxylic acid groups (broad SMARTS) is 1. The maximum atomic E-state index is 14.1. The first-order valence-corrected chi connectivity index (χ1v) is 15.0. The molecule has 1 unspecified atom stereocenters. The van der Waals surface area contributed by atoms with Crippen molar-refractivity contribution in [3.8, 4) is 0 Å². The summed E-state index contributed by atoms with van der Waals surface area (Å²) < 4.78 is 0. The smallest absolute Gasteiger partial charge is 0.339 e. The minimum Gasteiger partial charge on any atom is -0.481 e. The number of hydrogen-bond donors (Lipinski definition) is 3. The third kappa shape index (κ3) is 7.14. The number of carbonyl (C=O) groups is 4. The van der Waals surface area contributed by atoms with Gasteiger partial charge in [0.2, 0.25) is 5.91 Å². The van der Waals surface area contributed by atoms with Crippen molar-refractivity contribution >= 4 is 35.1 Å². The summed E-state index contributed by atoms with van der Waals surface area (Å²) in [6.45, 7) is -0.276. The Labute approximate surface area is 241 Å². The zero-order valence-corrected chi connectivity index (χ0v) is 23.5. The van der Waals surface area contributed by atoms with E-state index in [2.05, 4.69) is 10.7 Å². The van der Waals surface area contributed by atoms with Crippen molar-refractivity contribution in [3.63, 3.8) is 0 Å². The number of nitrogens with zero attached hydrogens (tertiary/aromatic N) is 2. The summed E-state index contributed by atoms with van der Waals surface area (Å²) in [6, 6.07) is 13.9. The van der Waals surface area contributed by atoms with E-state index in [0.717, 1.165) is 62.6 Å². The molecule has 2 saturated carbocycles. The van der Waals surface area contributed by atoms with Crippen LogP contribution in [0.3, 0.4) is 0 Å². The van der Waals surface area contributed by atoms with Crippen LogP contribution in [0.1, 0.15) is 81.4 Å². The lowest BCUT2D eigenvalue weighted by atomic mass is 9.86. The van der Waals surface area contributed by atoms with Gasteiger partial charge in [0.05, 0.1) is 24.7 Å². The van der Waals surface area contributed by atoms with Crippen LogP contribution in [0.4, 0.5) is 16.2 Å². The van der Waals surface area contributed by atoms with Crippen LogP contribution in [-0.4, -0.2) is 46.9 Å². The maximum absolute atomic E-state index is 14.1. The molecule has 3 amide bonds. The van der Waals surface area contributed by atoms with Gasteiger partial charge in [-0.2, -0.15) is 0 Å². The predicted octanol–water partition coefficient (Wildman–Crippen LogP) is 5.47. The van der Waals surface area contributed by atoms with Crippen LogP contribution in [-0.2, 0) is 20.8 Å². The predicted molar refractivity (Wildman–Crippen MR) is 156 cm³/mol. The number of ketones is 1. The highest BCUT2D eigenvalue weighted by atomic mass is 16.4. The fourth-order valence-electron chi connectivity index (χ4n) is 6.62. The Hall–Kier alpha value is -3.72. The minimum atomic E-state index is -0.954. The largest absolute Gasteiger partial charge is 0.481 e. The van der Waals surface area contributed by atoms with Crippen LogP contribution in [0.25, 0.3) is 0 Å². The summed E-state index contributed by atoms with van der Waals surface area (Å²) in [7, 11) is 0. The quantitative estimate of drug-likeness (QED) is 0.350. The molecule has 2 fully saturated rings. The number of hydrazine groups is 1. The molecule has 41 heavy (non-hydrogen) atoms. The molecule has 0 aromatic heterocycles. The average Bonchev–Trinajstić information content (AvgIpc) is 3.32. The Morgan fingerprint density at radius 2 is 1.59 bits per heavy atom. The van der Waals surface area contributed by atoms with Crippen molar-refractivity contribution < 1.29 is 24.3 Å². The van der Waals surface area contributed by atoms with Gasteiger partial charge in [-0.1, -0.05) is 68.9 Å². The van der Waals surface area contributed by atoms with Crippen molar-refractivity contribution in [2.45, 2.75) is 76.7 Å².